The van der Waals surface area contributed by atoms with Crippen LogP contribution >= 0.6 is 0 Å². The second-order valence-corrected chi connectivity index (χ2v) is 10.4. The maximum absolute atomic E-state index is 6.03. The van der Waals surface area contributed by atoms with Gasteiger partial charge in [0.1, 0.15) is 5.75 Å². The molecule has 1 saturated carbocycles. The lowest BCUT2D eigenvalue weighted by Crippen LogP contribution is -2.44. The average molecular weight is 387 g/mol. The number of hydrogen-bond donors (Lipinski definition) is 0. The summed E-state index contributed by atoms with van der Waals surface area (Å²) in [7, 11) is 4.42. The van der Waals surface area contributed by atoms with Crippen LogP contribution in [-0.4, -0.2) is 56.2 Å². The van der Waals surface area contributed by atoms with Gasteiger partial charge in [0, 0.05) is 25.7 Å². The van der Waals surface area contributed by atoms with Gasteiger partial charge >= 0.3 is 0 Å². The summed E-state index contributed by atoms with van der Waals surface area (Å²) >= 11 is 0. The first kappa shape index (κ1) is 21.6. The van der Waals surface area contributed by atoms with Crippen molar-refractivity contribution >= 4 is 0 Å². The van der Waals surface area contributed by atoms with Crippen molar-refractivity contribution in [3.8, 4) is 5.75 Å². The fourth-order valence-electron chi connectivity index (χ4n) is 5.59. The molecule has 0 radical (unpaired) electrons. The summed E-state index contributed by atoms with van der Waals surface area (Å²) in [6, 6.07) is 9.72. The van der Waals surface area contributed by atoms with Gasteiger partial charge in [0.05, 0.1) is 6.61 Å². The van der Waals surface area contributed by atoms with Crippen LogP contribution in [0.5, 0.6) is 5.75 Å². The van der Waals surface area contributed by atoms with Crippen molar-refractivity contribution in [2.75, 3.05) is 40.3 Å². The summed E-state index contributed by atoms with van der Waals surface area (Å²) in [5.41, 5.74) is 1.95. The van der Waals surface area contributed by atoms with Crippen molar-refractivity contribution in [1.29, 1.82) is 0 Å². The maximum Gasteiger partial charge on any atom is 0.119 e. The van der Waals surface area contributed by atoms with E-state index in [9.17, 15) is 0 Å². The monoisotopic (exact) mass is 386 g/mol. The molecule has 3 heteroatoms. The molecule has 1 aliphatic heterocycles. The van der Waals surface area contributed by atoms with Crippen LogP contribution < -0.4 is 4.74 Å². The van der Waals surface area contributed by atoms with Crippen LogP contribution in [0.4, 0.5) is 0 Å². The Hall–Kier alpha value is -1.06. The fraction of sp³-hybridized carbons (Fsp3) is 0.760. The summed E-state index contributed by atoms with van der Waals surface area (Å²) in [5, 5.41) is 0. The lowest BCUT2D eigenvalue weighted by molar-refractivity contribution is 0.0755. The molecular formula is C25H42N2O. The standard InChI is InChI=1S/C25H42N2O/c1-20-17-25(2,3)19-27(18-20)15-6-16-28-24-13-9-22(10-14-24)21-7-11-23(12-8-21)26(4)5/h9-10,13-14,20-21,23H,6-8,11-12,15-19H2,1-5H3/t20-,21?,23?/m0/s1. The van der Waals surface area contributed by atoms with E-state index in [1.165, 1.54) is 50.8 Å². The van der Waals surface area contributed by atoms with Crippen molar-refractivity contribution in [1.82, 2.24) is 9.80 Å². The zero-order chi connectivity index (χ0) is 20.1. The normalized spacial score (nSPS) is 28.4. The Morgan fingerprint density at radius 3 is 2.36 bits per heavy atom. The van der Waals surface area contributed by atoms with E-state index in [0.29, 0.717) is 5.41 Å². The van der Waals surface area contributed by atoms with E-state index in [-0.39, 0.29) is 0 Å². The van der Waals surface area contributed by atoms with Gasteiger partial charge in [-0.2, -0.15) is 0 Å². The average Bonchev–Trinajstić information content (AvgIpc) is 2.64. The molecule has 0 unspecified atom stereocenters. The third-order valence-electron chi connectivity index (χ3n) is 6.79. The smallest absolute Gasteiger partial charge is 0.119 e. The predicted octanol–water partition coefficient (Wildman–Crippen LogP) is 5.41. The largest absolute Gasteiger partial charge is 0.494 e. The molecule has 1 saturated heterocycles. The van der Waals surface area contributed by atoms with E-state index < -0.39 is 0 Å². The molecule has 1 aromatic carbocycles. The Bertz CT molecular complexity index is 587. The predicted molar refractivity (Wildman–Crippen MR) is 119 cm³/mol. The summed E-state index contributed by atoms with van der Waals surface area (Å²) in [5.74, 6) is 2.57. The summed E-state index contributed by atoms with van der Waals surface area (Å²) in [4.78, 5) is 5.02. The molecule has 1 heterocycles. The Morgan fingerprint density at radius 1 is 1.07 bits per heavy atom. The SMILES string of the molecule is C[C@@H]1CN(CCCOc2ccc(C3CCC(N(C)C)CC3)cc2)CC(C)(C)C1. The Kier molecular flexibility index (Phi) is 7.44. The van der Waals surface area contributed by atoms with Crippen molar-refractivity contribution < 1.29 is 4.74 Å². The van der Waals surface area contributed by atoms with Crippen LogP contribution in [0.3, 0.4) is 0 Å². The molecule has 0 bridgehead atoms. The summed E-state index contributed by atoms with van der Waals surface area (Å²) in [6.07, 6.45) is 7.73. The Balaban J connectivity index is 1.38. The summed E-state index contributed by atoms with van der Waals surface area (Å²) in [6.45, 7) is 11.6. The number of ether oxygens (including phenoxy) is 1. The molecule has 1 aliphatic carbocycles. The lowest BCUT2D eigenvalue weighted by atomic mass is 9.79. The quantitative estimate of drug-likeness (QED) is 0.583. The molecule has 2 fully saturated rings. The molecule has 1 aromatic rings. The van der Waals surface area contributed by atoms with Gasteiger partial charge in [0.25, 0.3) is 0 Å². The first-order valence-corrected chi connectivity index (χ1v) is 11.4. The van der Waals surface area contributed by atoms with E-state index in [4.69, 9.17) is 4.74 Å². The van der Waals surface area contributed by atoms with Gasteiger partial charge in [-0.05, 0) is 87.6 Å². The number of benzene rings is 1. The van der Waals surface area contributed by atoms with E-state index >= 15 is 0 Å². The molecular weight excluding hydrogens is 344 g/mol. The maximum atomic E-state index is 6.03. The Morgan fingerprint density at radius 2 is 1.75 bits per heavy atom. The minimum Gasteiger partial charge on any atom is -0.494 e. The number of nitrogens with zero attached hydrogens (tertiary/aromatic N) is 2. The highest BCUT2D eigenvalue weighted by Gasteiger charge is 2.30. The van der Waals surface area contributed by atoms with Crippen LogP contribution in [0.2, 0.25) is 0 Å². The van der Waals surface area contributed by atoms with Crippen molar-refractivity contribution in [3.05, 3.63) is 29.8 Å². The molecule has 0 aromatic heterocycles. The number of rotatable bonds is 7. The fourth-order valence-corrected chi connectivity index (χ4v) is 5.59. The van der Waals surface area contributed by atoms with E-state index in [2.05, 4.69) is 68.9 Å². The van der Waals surface area contributed by atoms with Crippen LogP contribution in [0.1, 0.15) is 70.8 Å². The minimum absolute atomic E-state index is 0.458. The van der Waals surface area contributed by atoms with Gasteiger partial charge in [-0.1, -0.05) is 32.9 Å². The number of likely N-dealkylation sites (tertiary alicyclic amines) is 1. The lowest BCUT2D eigenvalue weighted by Gasteiger charge is -2.41. The third kappa shape index (κ3) is 6.22. The minimum atomic E-state index is 0.458. The van der Waals surface area contributed by atoms with Gasteiger partial charge in [0.15, 0.2) is 0 Å². The van der Waals surface area contributed by atoms with Crippen molar-refractivity contribution in [2.24, 2.45) is 11.3 Å². The van der Waals surface area contributed by atoms with Crippen LogP contribution in [0.25, 0.3) is 0 Å². The highest BCUT2D eigenvalue weighted by atomic mass is 16.5. The van der Waals surface area contributed by atoms with Gasteiger partial charge in [-0.25, -0.2) is 0 Å². The second-order valence-electron chi connectivity index (χ2n) is 10.4. The van der Waals surface area contributed by atoms with E-state index in [1.807, 2.05) is 0 Å². The molecule has 0 spiro atoms. The molecule has 0 amide bonds. The molecule has 2 aliphatic rings. The molecule has 3 nitrogen and oxygen atoms in total. The topological polar surface area (TPSA) is 15.7 Å². The third-order valence-corrected chi connectivity index (χ3v) is 6.79. The molecule has 28 heavy (non-hydrogen) atoms. The highest BCUT2D eigenvalue weighted by Crippen LogP contribution is 2.35. The Labute approximate surface area is 173 Å². The van der Waals surface area contributed by atoms with Gasteiger partial charge in [-0.3, -0.25) is 0 Å². The van der Waals surface area contributed by atoms with Crippen LogP contribution in [-0.2, 0) is 0 Å². The highest BCUT2D eigenvalue weighted by molar-refractivity contribution is 5.29. The second kappa shape index (κ2) is 9.63. The molecule has 3 rings (SSSR count). The van der Waals surface area contributed by atoms with Crippen LogP contribution in [0, 0.1) is 11.3 Å². The molecule has 0 N–H and O–H groups in total. The van der Waals surface area contributed by atoms with E-state index in [0.717, 1.165) is 43.2 Å². The molecule has 1 atom stereocenters. The van der Waals surface area contributed by atoms with Gasteiger partial charge < -0.3 is 14.5 Å². The first-order chi connectivity index (χ1) is 13.3. The number of hydrogen-bond acceptors (Lipinski definition) is 3. The summed E-state index contributed by atoms with van der Waals surface area (Å²) < 4.78 is 6.03. The molecule has 158 valence electrons. The van der Waals surface area contributed by atoms with Crippen molar-refractivity contribution in [3.63, 3.8) is 0 Å². The number of piperidine rings is 1. The van der Waals surface area contributed by atoms with Crippen molar-refractivity contribution in [2.45, 2.75) is 71.3 Å². The zero-order valence-electron chi connectivity index (χ0n) is 18.9. The first-order valence-electron chi connectivity index (χ1n) is 11.4. The van der Waals surface area contributed by atoms with E-state index in [1.54, 1.807) is 0 Å². The van der Waals surface area contributed by atoms with Gasteiger partial charge in [0.2, 0.25) is 0 Å². The zero-order valence-corrected chi connectivity index (χ0v) is 18.9. The van der Waals surface area contributed by atoms with Gasteiger partial charge in [-0.15, -0.1) is 0 Å². The van der Waals surface area contributed by atoms with Crippen LogP contribution in [0.15, 0.2) is 24.3 Å².